The van der Waals surface area contributed by atoms with E-state index >= 15 is 0 Å². The maximum Gasteiger partial charge on any atom is 0.263 e. The average molecular weight is 293 g/mol. The van der Waals surface area contributed by atoms with E-state index in [0.29, 0.717) is 12.8 Å². The molecule has 1 aromatic rings. The molecule has 0 aromatic heterocycles. The first-order chi connectivity index (χ1) is 10.1. The van der Waals surface area contributed by atoms with Crippen molar-refractivity contribution in [2.45, 2.75) is 56.9 Å². The Hall–Kier alpha value is -1.62. The molecular weight excluding hydrogens is 273 g/mol. The van der Waals surface area contributed by atoms with Gasteiger partial charge in [-0.2, -0.15) is 0 Å². The molecule has 1 aromatic carbocycles. The number of fused-ring (bicyclic) bond motifs is 2. The number of rotatable bonds is 3. The van der Waals surface area contributed by atoms with E-state index in [1.165, 1.54) is 12.1 Å². The van der Waals surface area contributed by atoms with Gasteiger partial charge in [0.1, 0.15) is 0 Å². The Morgan fingerprint density at radius 2 is 1.95 bits per heavy atom. The van der Waals surface area contributed by atoms with Crippen LogP contribution in [-0.4, -0.2) is 40.2 Å². The van der Waals surface area contributed by atoms with E-state index < -0.39 is 11.9 Å². The Labute approximate surface area is 123 Å². The molecular formula is C16H20FNO3. The molecule has 2 aliphatic heterocycles. The number of para-hydroxylation sites is 1. The summed E-state index contributed by atoms with van der Waals surface area (Å²) >= 11 is 0. The lowest BCUT2D eigenvalue weighted by Crippen LogP contribution is -2.52. The van der Waals surface area contributed by atoms with Crippen molar-refractivity contribution < 1.29 is 19.0 Å². The summed E-state index contributed by atoms with van der Waals surface area (Å²) in [6, 6.07) is 6.29. The largest absolute Gasteiger partial charge is 0.478 e. The lowest BCUT2D eigenvalue weighted by atomic mass is 9.99. The quantitative estimate of drug-likeness (QED) is 0.928. The van der Waals surface area contributed by atoms with Gasteiger partial charge in [-0.05, 0) is 44.7 Å². The third-order valence-corrected chi connectivity index (χ3v) is 4.45. The molecule has 3 rings (SSSR count). The molecule has 2 fully saturated rings. The Bertz CT molecular complexity index is 522. The second kappa shape index (κ2) is 5.64. The summed E-state index contributed by atoms with van der Waals surface area (Å²) in [4.78, 5) is 14.4. The third-order valence-electron chi connectivity index (χ3n) is 4.45. The Kier molecular flexibility index (Phi) is 3.85. The van der Waals surface area contributed by atoms with Gasteiger partial charge in [0.2, 0.25) is 0 Å². The minimum Gasteiger partial charge on any atom is -0.478 e. The topological polar surface area (TPSA) is 49.8 Å². The van der Waals surface area contributed by atoms with Crippen molar-refractivity contribution in [3.8, 4) is 5.75 Å². The van der Waals surface area contributed by atoms with E-state index in [4.69, 9.17) is 4.74 Å². The van der Waals surface area contributed by atoms with E-state index in [9.17, 15) is 14.3 Å². The lowest BCUT2D eigenvalue weighted by molar-refractivity contribution is -0.144. The second-order valence-corrected chi connectivity index (χ2v) is 5.95. The molecule has 2 saturated heterocycles. The lowest BCUT2D eigenvalue weighted by Gasteiger charge is -2.38. The zero-order valence-corrected chi connectivity index (χ0v) is 12.0. The van der Waals surface area contributed by atoms with Crippen molar-refractivity contribution in [3.05, 3.63) is 30.1 Å². The van der Waals surface area contributed by atoms with Crippen LogP contribution in [-0.2, 0) is 4.79 Å². The van der Waals surface area contributed by atoms with Crippen molar-refractivity contribution in [3.63, 3.8) is 0 Å². The number of aliphatic hydroxyl groups is 1. The fourth-order valence-electron chi connectivity index (χ4n) is 3.50. The maximum atomic E-state index is 13.6. The van der Waals surface area contributed by atoms with Gasteiger partial charge in [-0.3, -0.25) is 4.79 Å². The first-order valence-electron chi connectivity index (χ1n) is 7.47. The van der Waals surface area contributed by atoms with E-state index in [-0.39, 0.29) is 29.8 Å². The Morgan fingerprint density at radius 1 is 1.33 bits per heavy atom. The number of amides is 1. The van der Waals surface area contributed by atoms with Crippen molar-refractivity contribution in [1.29, 1.82) is 0 Å². The van der Waals surface area contributed by atoms with Crippen molar-refractivity contribution in [1.82, 2.24) is 4.90 Å². The highest BCUT2D eigenvalue weighted by Crippen LogP contribution is 2.36. The molecule has 2 bridgehead atoms. The fourth-order valence-corrected chi connectivity index (χ4v) is 3.50. The molecule has 1 amide bonds. The number of aliphatic hydroxyl groups excluding tert-OH is 1. The van der Waals surface area contributed by atoms with E-state index in [1.807, 2.05) is 4.90 Å². The number of hydrogen-bond acceptors (Lipinski definition) is 3. The molecule has 3 atom stereocenters. The summed E-state index contributed by atoms with van der Waals surface area (Å²) in [5, 5.41) is 9.78. The number of hydrogen-bond donors (Lipinski definition) is 1. The van der Waals surface area contributed by atoms with Gasteiger partial charge in [-0.25, -0.2) is 4.39 Å². The molecule has 2 aliphatic rings. The third kappa shape index (κ3) is 2.75. The number of ether oxygens (including phenoxy) is 1. The smallest absolute Gasteiger partial charge is 0.263 e. The molecule has 3 unspecified atom stereocenters. The van der Waals surface area contributed by atoms with E-state index in [1.54, 1.807) is 19.1 Å². The zero-order valence-electron chi connectivity index (χ0n) is 12.0. The van der Waals surface area contributed by atoms with Gasteiger partial charge in [-0.15, -0.1) is 0 Å². The molecule has 5 heteroatoms. The van der Waals surface area contributed by atoms with Crippen LogP contribution in [0.15, 0.2) is 24.3 Å². The molecule has 4 nitrogen and oxygen atoms in total. The van der Waals surface area contributed by atoms with Crippen molar-refractivity contribution in [2.75, 3.05) is 0 Å². The van der Waals surface area contributed by atoms with Gasteiger partial charge in [-0.1, -0.05) is 12.1 Å². The SMILES string of the molecule is CC(Oc1ccccc1F)C(=O)N1C2CCC1CC(O)C2. The van der Waals surface area contributed by atoms with Crippen LogP contribution in [0.3, 0.4) is 0 Å². The summed E-state index contributed by atoms with van der Waals surface area (Å²) in [7, 11) is 0. The standard InChI is InChI=1S/C16H20FNO3/c1-10(21-15-5-3-2-4-14(15)17)16(20)18-11-6-7-12(18)9-13(19)8-11/h2-5,10-13,19H,6-9H2,1H3. The summed E-state index contributed by atoms with van der Waals surface area (Å²) in [6.45, 7) is 1.65. The highest BCUT2D eigenvalue weighted by atomic mass is 19.1. The molecule has 0 spiro atoms. The van der Waals surface area contributed by atoms with Crippen LogP contribution in [0.25, 0.3) is 0 Å². The van der Waals surface area contributed by atoms with Crippen LogP contribution < -0.4 is 4.74 Å². The average Bonchev–Trinajstić information content (AvgIpc) is 2.72. The predicted molar refractivity (Wildman–Crippen MR) is 75.4 cm³/mol. The summed E-state index contributed by atoms with van der Waals surface area (Å²) in [5.74, 6) is -0.477. The molecule has 0 radical (unpaired) electrons. The maximum absolute atomic E-state index is 13.6. The second-order valence-electron chi connectivity index (χ2n) is 5.95. The van der Waals surface area contributed by atoms with Crippen LogP contribution >= 0.6 is 0 Å². The van der Waals surface area contributed by atoms with Crippen molar-refractivity contribution >= 4 is 5.91 Å². The van der Waals surface area contributed by atoms with Gasteiger partial charge in [0.05, 0.1) is 6.10 Å². The first kappa shape index (κ1) is 14.3. The van der Waals surface area contributed by atoms with E-state index in [0.717, 1.165) is 12.8 Å². The van der Waals surface area contributed by atoms with Crippen LogP contribution in [0, 0.1) is 5.82 Å². The number of nitrogens with zero attached hydrogens (tertiary/aromatic N) is 1. The number of benzene rings is 1. The fraction of sp³-hybridized carbons (Fsp3) is 0.562. The minimum absolute atomic E-state index is 0.0953. The highest BCUT2D eigenvalue weighted by molar-refractivity contribution is 5.82. The normalized spacial score (nSPS) is 29.3. The molecule has 21 heavy (non-hydrogen) atoms. The molecule has 0 aliphatic carbocycles. The predicted octanol–water partition coefficient (Wildman–Crippen LogP) is 2.11. The summed E-state index contributed by atoms with van der Waals surface area (Å²) < 4.78 is 19.1. The van der Waals surface area contributed by atoms with Crippen LogP contribution in [0.2, 0.25) is 0 Å². The first-order valence-corrected chi connectivity index (χ1v) is 7.47. The monoisotopic (exact) mass is 293 g/mol. The number of piperidine rings is 1. The Balaban J connectivity index is 1.69. The van der Waals surface area contributed by atoms with Gasteiger partial charge in [0, 0.05) is 12.1 Å². The van der Waals surface area contributed by atoms with E-state index in [2.05, 4.69) is 0 Å². The molecule has 1 N–H and O–H groups in total. The van der Waals surface area contributed by atoms with Crippen LogP contribution in [0.5, 0.6) is 5.75 Å². The highest BCUT2D eigenvalue weighted by Gasteiger charge is 2.44. The minimum atomic E-state index is -0.722. The summed E-state index contributed by atoms with van der Waals surface area (Å²) in [5.41, 5.74) is 0. The molecule has 2 heterocycles. The van der Waals surface area contributed by atoms with Gasteiger partial charge >= 0.3 is 0 Å². The van der Waals surface area contributed by atoms with Crippen LogP contribution in [0.4, 0.5) is 4.39 Å². The van der Waals surface area contributed by atoms with Gasteiger partial charge < -0.3 is 14.7 Å². The summed E-state index contributed by atoms with van der Waals surface area (Å²) in [6.07, 6.45) is 2.10. The number of carbonyl (C=O) groups is 1. The van der Waals surface area contributed by atoms with Gasteiger partial charge in [0.25, 0.3) is 5.91 Å². The zero-order chi connectivity index (χ0) is 15.0. The van der Waals surface area contributed by atoms with Crippen molar-refractivity contribution in [2.24, 2.45) is 0 Å². The molecule has 114 valence electrons. The molecule has 0 saturated carbocycles. The number of carbonyl (C=O) groups excluding carboxylic acids is 1. The Morgan fingerprint density at radius 3 is 2.57 bits per heavy atom. The van der Waals surface area contributed by atoms with Crippen LogP contribution in [0.1, 0.15) is 32.6 Å². The number of halogens is 1. The van der Waals surface area contributed by atoms with Gasteiger partial charge in [0.15, 0.2) is 17.7 Å².